The summed E-state index contributed by atoms with van der Waals surface area (Å²) in [7, 11) is 10.7. The quantitative estimate of drug-likeness (QED) is 0.0552. The van der Waals surface area contributed by atoms with Gasteiger partial charge in [-0.2, -0.15) is 15.0 Å². The van der Waals surface area contributed by atoms with Crippen molar-refractivity contribution in [2.75, 3.05) is 147 Å². The number of carbonyl (C=O) groups is 5. The maximum atomic E-state index is 12.9. The van der Waals surface area contributed by atoms with Crippen LogP contribution in [0.15, 0.2) is 110 Å². The molecule has 9 heterocycles. The van der Waals surface area contributed by atoms with Gasteiger partial charge in [0.15, 0.2) is 0 Å². The lowest BCUT2D eigenvalue weighted by Gasteiger charge is -2.36. The molecule has 0 spiro atoms. The van der Waals surface area contributed by atoms with E-state index in [9.17, 15) is 24.0 Å². The number of fused-ring (bicyclic) bond motifs is 3. The van der Waals surface area contributed by atoms with Gasteiger partial charge in [0.2, 0.25) is 17.8 Å². The Balaban J connectivity index is 0.000000158. The van der Waals surface area contributed by atoms with Crippen LogP contribution < -0.4 is 31.1 Å². The molecule has 3 aliphatic heterocycles. The number of nitrogens with zero attached hydrogens (tertiary/aromatic N) is 17. The number of benzene rings is 3. The molecule has 0 radical (unpaired) electrons. The third-order valence-electron chi connectivity index (χ3n) is 21.5. The summed E-state index contributed by atoms with van der Waals surface area (Å²) in [6, 6.07) is 32.0. The van der Waals surface area contributed by atoms with E-state index in [0.717, 1.165) is 147 Å². The first-order chi connectivity index (χ1) is 54.2. The Morgan fingerprint density at radius 2 is 0.858 bits per heavy atom. The van der Waals surface area contributed by atoms with Crippen molar-refractivity contribution in [3.63, 3.8) is 0 Å². The molecule has 604 valence electrons. The van der Waals surface area contributed by atoms with Crippen LogP contribution >= 0.6 is 0 Å². The van der Waals surface area contributed by atoms with E-state index in [0.29, 0.717) is 80.2 Å². The second-order valence-corrected chi connectivity index (χ2v) is 32.9. The van der Waals surface area contributed by atoms with Crippen LogP contribution in [0, 0.1) is 0 Å². The standard InChI is InChI=1S/C30H41N7O3.C30H43N7O3.C25H33N7O/c1-30(2,3)40-29(39)36-16-14-35(15-17-36)23-12-10-21(11-13-23)19-31-28-32-20-22-18-25(27(38)34(4)5)37(26(22)33-28)24-8-6-7-9-24;1-8-24(9-2)37-25(27(38)34(6)7)18-22-19-31-28(33-26(22)37)32-23-12-10-21(11-13-23)20-35-14-16-36(17-15-35)29(39)40-30(3,4)5;1-30(2)24(33)22-15-19-17-28-25(29-23(19)32(22)21-5-3-4-6-21)27-16-18-7-9-20(10-8-18)31-13-11-26-12-14-31/h10-13,18,20,24H,6-9,14-17,19H2,1-5H3,(H,31,32,33);10-13,18-19,24H,8-9,14-17,20H2,1-7H3,(H,31,32,33);7-10,15,17,21,26H,3-6,11-14,16H2,1-2H3,(H,27,28,29). The van der Waals surface area contributed by atoms with E-state index in [1.165, 1.54) is 42.5 Å². The number of anilines is 6. The molecular formula is C85H117N21O7. The Kier molecular flexibility index (Phi) is 26.4. The number of hydrogen-bond acceptors (Lipinski definition) is 20. The van der Waals surface area contributed by atoms with E-state index < -0.39 is 11.2 Å². The lowest BCUT2D eigenvalue weighted by atomic mass is 10.1. The fraction of sp³-hybridized carbons (Fsp3) is 0.518. The third kappa shape index (κ3) is 20.6. The summed E-state index contributed by atoms with van der Waals surface area (Å²) in [4.78, 5) is 107. The van der Waals surface area contributed by atoms with Gasteiger partial charge in [-0.25, -0.2) is 24.5 Å². The van der Waals surface area contributed by atoms with Gasteiger partial charge in [0.05, 0.1) is 0 Å². The van der Waals surface area contributed by atoms with E-state index in [1.807, 2.05) is 84.3 Å². The van der Waals surface area contributed by atoms with Crippen molar-refractivity contribution < 1.29 is 33.4 Å². The second-order valence-electron chi connectivity index (χ2n) is 32.9. The Labute approximate surface area is 665 Å². The van der Waals surface area contributed by atoms with Crippen molar-refractivity contribution in [2.24, 2.45) is 0 Å². The molecule has 3 saturated heterocycles. The molecule has 14 rings (SSSR count). The fourth-order valence-electron chi connectivity index (χ4n) is 15.4. The first-order valence-corrected chi connectivity index (χ1v) is 40.4. The van der Waals surface area contributed by atoms with E-state index in [4.69, 9.17) is 24.4 Å². The van der Waals surface area contributed by atoms with E-state index in [1.54, 1.807) is 73.0 Å². The molecule has 2 saturated carbocycles. The van der Waals surface area contributed by atoms with Crippen LogP contribution in [0.3, 0.4) is 0 Å². The van der Waals surface area contributed by atoms with Gasteiger partial charge in [0.1, 0.15) is 45.2 Å². The summed E-state index contributed by atoms with van der Waals surface area (Å²) < 4.78 is 17.4. The highest BCUT2D eigenvalue weighted by Crippen LogP contribution is 2.38. The predicted molar refractivity (Wildman–Crippen MR) is 447 cm³/mol. The number of ether oxygens (including phenoxy) is 2. The van der Waals surface area contributed by atoms with Gasteiger partial charge in [-0.1, -0.05) is 75.9 Å². The van der Waals surface area contributed by atoms with Gasteiger partial charge in [-0.05, 0) is 151 Å². The van der Waals surface area contributed by atoms with Gasteiger partial charge in [-0.15, -0.1) is 0 Å². The monoisotopic (exact) mass is 1540 g/mol. The van der Waals surface area contributed by atoms with Crippen molar-refractivity contribution in [3.8, 4) is 0 Å². The molecule has 4 N–H and O–H groups in total. The topological polar surface area (TPSA) is 270 Å². The van der Waals surface area contributed by atoms with Crippen molar-refractivity contribution in [2.45, 2.75) is 169 Å². The van der Waals surface area contributed by atoms with Gasteiger partial charge in [-0.3, -0.25) is 19.3 Å². The molecule has 0 atom stereocenters. The maximum Gasteiger partial charge on any atom is 0.410 e. The number of carbonyl (C=O) groups excluding carboxylic acids is 5. The summed E-state index contributed by atoms with van der Waals surface area (Å²) in [5.41, 5.74) is 10.3. The molecule has 0 unspecified atom stereocenters. The fourth-order valence-corrected chi connectivity index (χ4v) is 15.4. The van der Waals surface area contributed by atoms with E-state index >= 15 is 0 Å². The second kappa shape index (κ2) is 36.5. The molecule has 5 amide bonds. The molecule has 5 fully saturated rings. The largest absolute Gasteiger partial charge is 0.444 e. The Morgan fingerprint density at radius 3 is 1.28 bits per heavy atom. The Morgan fingerprint density at radius 1 is 0.478 bits per heavy atom. The van der Waals surface area contributed by atoms with Crippen LogP contribution in [-0.2, 0) is 29.1 Å². The average Bonchev–Trinajstić information content (AvgIpc) is 1.62. The number of rotatable bonds is 20. The molecule has 0 bridgehead atoms. The highest BCUT2D eigenvalue weighted by Gasteiger charge is 2.32. The summed E-state index contributed by atoms with van der Waals surface area (Å²) in [6.07, 6.45) is 15.8. The van der Waals surface area contributed by atoms with Crippen molar-refractivity contribution in [1.82, 2.24) is 78.3 Å². The highest BCUT2D eigenvalue weighted by atomic mass is 16.6. The van der Waals surface area contributed by atoms with Crippen LogP contribution in [0.1, 0.15) is 186 Å². The molecule has 113 heavy (non-hydrogen) atoms. The van der Waals surface area contributed by atoms with Gasteiger partial charge in [0, 0.05) is 210 Å². The minimum Gasteiger partial charge on any atom is -0.444 e. The highest BCUT2D eigenvalue weighted by molar-refractivity contribution is 6.00. The normalized spacial score (nSPS) is 15.9. The number of hydrogen-bond donors (Lipinski definition) is 4. The SMILES string of the molecule is CCC(CC)n1c(C(=O)N(C)C)cc2cnc(Nc3ccc(CN4CCN(C(=O)OC(C)(C)C)CC4)cc3)nc21.CN(C)C(=O)c1cc2cnc(NCc3ccc(N4CCN(C(=O)OC(C)(C)C)CC4)cc3)nc2n1C1CCCC1.CN(C)C(=O)c1cc2cnc(NCc3ccc(N4CCNCC4)cc3)nc2n1C1CCCC1. The molecule has 28 nitrogen and oxygen atoms in total. The van der Waals surface area contributed by atoms with E-state index in [2.05, 4.69) is 139 Å². The third-order valence-corrected chi connectivity index (χ3v) is 21.5. The van der Waals surface area contributed by atoms with Gasteiger partial charge >= 0.3 is 12.2 Å². The molecule has 3 aromatic carbocycles. The zero-order valence-electron chi connectivity index (χ0n) is 68.8. The van der Waals surface area contributed by atoms with Gasteiger partial charge < -0.3 is 78.7 Å². The molecule has 6 aromatic heterocycles. The lowest BCUT2D eigenvalue weighted by Crippen LogP contribution is -2.50. The summed E-state index contributed by atoms with van der Waals surface area (Å²) >= 11 is 0. The zero-order valence-corrected chi connectivity index (χ0v) is 68.8. The van der Waals surface area contributed by atoms with Crippen molar-refractivity contribution in [3.05, 3.63) is 143 Å². The first kappa shape index (κ1) is 81.9. The maximum absolute atomic E-state index is 12.9. The predicted octanol–water partition coefficient (Wildman–Crippen LogP) is 13.5. The van der Waals surface area contributed by atoms with Crippen molar-refractivity contribution >= 4 is 97.9 Å². The average molecular weight is 1550 g/mol. The van der Waals surface area contributed by atoms with Gasteiger partial charge in [0.25, 0.3) is 17.7 Å². The summed E-state index contributed by atoms with van der Waals surface area (Å²) in [6.45, 7) is 27.6. The lowest BCUT2D eigenvalue weighted by molar-refractivity contribution is 0.0137. The molecular weight excluding hydrogens is 1430 g/mol. The smallest absolute Gasteiger partial charge is 0.410 e. The minimum absolute atomic E-state index is 0.00856. The minimum atomic E-state index is -0.483. The van der Waals surface area contributed by atoms with Crippen molar-refractivity contribution in [1.29, 1.82) is 0 Å². The molecule has 2 aliphatic carbocycles. The number of amides is 5. The van der Waals surface area contributed by atoms with Crippen LogP contribution in [0.2, 0.25) is 0 Å². The van der Waals surface area contributed by atoms with E-state index in [-0.39, 0.29) is 42.0 Å². The number of piperazine rings is 3. The summed E-state index contributed by atoms with van der Waals surface area (Å²) in [5.74, 6) is 1.60. The Bertz CT molecular complexity index is 4710. The first-order valence-electron chi connectivity index (χ1n) is 40.4. The van der Waals surface area contributed by atoms with Crippen LogP contribution in [0.4, 0.5) is 44.5 Å². The number of nitrogens with one attached hydrogen (secondary N) is 4. The molecule has 5 aliphatic rings. The summed E-state index contributed by atoms with van der Waals surface area (Å²) in [5, 5.41) is 16.1. The zero-order chi connectivity index (χ0) is 80.3. The molecule has 28 heteroatoms. The van der Waals surface area contributed by atoms with Crippen LogP contribution in [0.25, 0.3) is 33.1 Å². The molecule has 9 aromatic rings. The van der Waals surface area contributed by atoms with Crippen LogP contribution in [0.5, 0.6) is 0 Å². The Hall–Kier alpha value is -10.6. The number of aromatic nitrogens is 9. The van der Waals surface area contributed by atoms with Crippen LogP contribution in [-0.4, -0.2) is 235 Å².